The van der Waals surface area contributed by atoms with Crippen molar-refractivity contribution in [2.45, 2.75) is 6.92 Å². The summed E-state index contributed by atoms with van der Waals surface area (Å²) in [6, 6.07) is 2.86. The molecule has 0 aliphatic rings. The number of carbonyl (C=O) groups excluding carboxylic acids is 1. The molecule has 0 aliphatic heterocycles. The van der Waals surface area contributed by atoms with Gasteiger partial charge in [-0.3, -0.25) is 9.59 Å². The normalized spacial score (nSPS) is 8.64. The summed E-state index contributed by atoms with van der Waals surface area (Å²) >= 11 is 0. The molecule has 0 saturated carbocycles. The molecule has 0 aliphatic carbocycles. The number of hydrogen-bond donors (Lipinski definition) is 2. The summed E-state index contributed by atoms with van der Waals surface area (Å²) in [6.45, 7) is 1.69. The minimum absolute atomic E-state index is 0.131. The van der Waals surface area contributed by atoms with Gasteiger partial charge in [-0.15, -0.1) is 0 Å². The third-order valence-electron chi connectivity index (χ3n) is 1.32. The Balaban J connectivity index is 2.55. The number of carbonyl (C=O) groups is 1. The average molecular weight is 191 g/mol. The molecule has 5 heteroatoms. The second kappa shape index (κ2) is 4.82. The largest absolute Gasteiger partial charge is 0.345 e. The lowest BCUT2D eigenvalue weighted by atomic mass is 10.4. The van der Waals surface area contributed by atoms with E-state index in [0.717, 1.165) is 0 Å². The Kier molecular flexibility index (Phi) is 3.44. The highest BCUT2D eigenvalue weighted by Gasteiger charge is 1.87. The molecule has 72 valence electrons. The highest BCUT2D eigenvalue weighted by atomic mass is 16.1. The van der Waals surface area contributed by atoms with Crippen LogP contribution >= 0.6 is 0 Å². The molecule has 0 bridgehead atoms. The van der Waals surface area contributed by atoms with E-state index in [1.54, 1.807) is 0 Å². The van der Waals surface area contributed by atoms with Crippen LogP contribution in [0.25, 0.3) is 0 Å². The smallest absolute Gasteiger partial charge is 0.264 e. The van der Waals surface area contributed by atoms with Crippen molar-refractivity contribution >= 4 is 5.91 Å². The predicted molar refractivity (Wildman–Crippen MR) is 50.4 cm³/mol. The second-order valence-corrected chi connectivity index (χ2v) is 2.52. The van der Waals surface area contributed by atoms with Crippen LogP contribution in [0.5, 0.6) is 0 Å². The number of aromatic nitrogens is 2. The third-order valence-corrected chi connectivity index (χ3v) is 1.32. The topological polar surface area (TPSA) is 74.8 Å². The summed E-state index contributed by atoms with van der Waals surface area (Å²) in [5.74, 6) is 5.24. The van der Waals surface area contributed by atoms with E-state index in [1.165, 1.54) is 19.1 Å². The molecule has 1 aromatic heterocycles. The van der Waals surface area contributed by atoms with Gasteiger partial charge in [0.05, 0.1) is 6.54 Å². The molecule has 1 rings (SSSR count). The van der Waals surface area contributed by atoms with Gasteiger partial charge in [-0.05, 0) is 12.0 Å². The lowest BCUT2D eigenvalue weighted by molar-refractivity contribution is -0.118. The van der Waals surface area contributed by atoms with E-state index in [9.17, 15) is 9.59 Å². The van der Waals surface area contributed by atoms with Crippen molar-refractivity contribution in [2.24, 2.45) is 0 Å². The van der Waals surface area contributed by atoms with E-state index in [0.29, 0.717) is 5.69 Å². The van der Waals surface area contributed by atoms with Crippen LogP contribution in [0.3, 0.4) is 0 Å². The van der Waals surface area contributed by atoms with E-state index in [4.69, 9.17) is 0 Å². The maximum atomic E-state index is 10.6. The van der Waals surface area contributed by atoms with E-state index in [-0.39, 0.29) is 18.0 Å². The van der Waals surface area contributed by atoms with Gasteiger partial charge in [0.1, 0.15) is 5.69 Å². The standard InChI is InChI=1S/C9H9N3O2/c1-7(13)10-6-2-3-8-4-5-9(14)12-11-8/h4-5H,6H2,1H3,(H,10,13)(H,12,14). The SMILES string of the molecule is CC(=O)NCC#Cc1ccc(=O)[nH]n1. The Labute approximate surface area is 80.5 Å². The van der Waals surface area contributed by atoms with E-state index in [1.807, 2.05) is 0 Å². The molecule has 1 heterocycles. The number of amides is 1. The van der Waals surface area contributed by atoms with Gasteiger partial charge in [-0.25, -0.2) is 5.10 Å². The van der Waals surface area contributed by atoms with Crippen LogP contribution in [0, 0.1) is 11.8 Å². The number of hydrogen-bond acceptors (Lipinski definition) is 3. The Morgan fingerprint density at radius 2 is 2.43 bits per heavy atom. The van der Waals surface area contributed by atoms with Gasteiger partial charge in [0.15, 0.2) is 0 Å². The first kappa shape index (κ1) is 9.99. The maximum Gasteiger partial charge on any atom is 0.264 e. The van der Waals surface area contributed by atoms with Gasteiger partial charge in [0.25, 0.3) is 5.56 Å². The van der Waals surface area contributed by atoms with Gasteiger partial charge in [0, 0.05) is 13.0 Å². The highest BCUT2D eigenvalue weighted by molar-refractivity contribution is 5.73. The Morgan fingerprint density at radius 3 is 3.00 bits per heavy atom. The van der Waals surface area contributed by atoms with Crippen molar-refractivity contribution in [2.75, 3.05) is 6.54 Å². The molecule has 1 aromatic rings. The number of rotatable bonds is 1. The number of nitrogens with zero attached hydrogens (tertiary/aromatic N) is 1. The average Bonchev–Trinajstić information content (AvgIpc) is 2.15. The molecule has 0 fully saturated rings. The summed E-state index contributed by atoms with van der Waals surface area (Å²) in [5, 5.41) is 8.44. The van der Waals surface area contributed by atoms with Gasteiger partial charge >= 0.3 is 0 Å². The highest BCUT2D eigenvalue weighted by Crippen LogP contribution is 1.82. The third kappa shape index (κ3) is 3.54. The van der Waals surface area contributed by atoms with Crippen molar-refractivity contribution in [3.8, 4) is 11.8 Å². The maximum absolute atomic E-state index is 10.6. The molecule has 0 unspecified atom stereocenters. The second-order valence-electron chi connectivity index (χ2n) is 2.52. The van der Waals surface area contributed by atoms with Gasteiger partial charge in [0.2, 0.25) is 5.91 Å². The number of aromatic amines is 1. The van der Waals surface area contributed by atoms with Crippen LogP contribution in [0.1, 0.15) is 12.6 Å². The lowest BCUT2D eigenvalue weighted by Gasteiger charge is -1.90. The zero-order chi connectivity index (χ0) is 10.4. The first-order valence-electron chi connectivity index (χ1n) is 3.97. The van der Waals surface area contributed by atoms with Crippen LogP contribution in [0.4, 0.5) is 0 Å². The van der Waals surface area contributed by atoms with E-state index < -0.39 is 0 Å². The molecule has 2 N–H and O–H groups in total. The minimum Gasteiger partial charge on any atom is -0.345 e. The molecule has 1 amide bonds. The van der Waals surface area contributed by atoms with Crippen molar-refractivity contribution in [1.29, 1.82) is 0 Å². The molecular weight excluding hydrogens is 182 g/mol. The summed E-state index contributed by atoms with van der Waals surface area (Å²) in [4.78, 5) is 21.1. The zero-order valence-corrected chi connectivity index (χ0v) is 7.63. The van der Waals surface area contributed by atoms with Crippen molar-refractivity contribution in [3.05, 3.63) is 28.2 Å². The molecular formula is C9H9N3O2. The summed E-state index contributed by atoms with van der Waals surface area (Å²) in [7, 11) is 0. The Hall–Kier alpha value is -2.09. The monoisotopic (exact) mass is 191 g/mol. The van der Waals surface area contributed by atoms with Crippen LogP contribution < -0.4 is 10.9 Å². The fourth-order valence-electron chi connectivity index (χ4n) is 0.718. The number of nitrogens with one attached hydrogen (secondary N) is 2. The van der Waals surface area contributed by atoms with Gasteiger partial charge in [-0.1, -0.05) is 5.92 Å². The molecule has 0 spiro atoms. The first-order valence-corrected chi connectivity index (χ1v) is 3.97. The van der Waals surface area contributed by atoms with Crippen LogP contribution in [0.15, 0.2) is 16.9 Å². The zero-order valence-electron chi connectivity index (χ0n) is 7.63. The predicted octanol–water partition coefficient (Wildman–Crippen LogP) is -0.742. The van der Waals surface area contributed by atoms with Crippen molar-refractivity contribution < 1.29 is 4.79 Å². The van der Waals surface area contributed by atoms with Crippen LogP contribution in [-0.2, 0) is 4.79 Å². The Morgan fingerprint density at radius 1 is 1.64 bits per heavy atom. The fourth-order valence-corrected chi connectivity index (χ4v) is 0.718. The minimum atomic E-state index is -0.266. The summed E-state index contributed by atoms with van der Waals surface area (Å²) in [5.41, 5.74) is 0.201. The van der Waals surface area contributed by atoms with Crippen molar-refractivity contribution in [3.63, 3.8) is 0 Å². The Bertz CT molecular complexity index is 419. The molecule has 0 radical (unpaired) electrons. The van der Waals surface area contributed by atoms with Gasteiger partial charge in [-0.2, -0.15) is 5.10 Å². The van der Waals surface area contributed by atoms with Crippen LogP contribution in [0.2, 0.25) is 0 Å². The molecule has 0 aromatic carbocycles. The fraction of sp³-hybridized carbons (Fsp3) is 0.222. The van der Waals surface area contributed by atoms with E-state index >= 15 is 0 Å². The molecule has 5 nitrogen and oxygen atoms in total. The summed E-state index contributed by atoms with van der Waals surface area (Å²) in [6.07, 6.45) is 0. The van der Waals surface area contributed by atoms with Crippen molar-refractivity contribution in [1.82, 2.24) is 15.5 Å². The molecule has 0 saturated heterocycles. The van der Waals surface area contributed by atoms with Crippen LogP contribution in [-0.4, -0.2) is 22.6 Å². The number of H-pyrrole nitrogens is 1. The first-order chi connectivity index (χ1) is 6.68. The molecule has 0 atom stereocenters. The lowest BCUT2D eigenvalue weighted by Crippen LogP contribution is -2.19. The van der Waals surface area contributed by atoms with E-state index in [2.05, 4.69) is 27.4 Å². The summed E-state index contributed by atoms with van der Waals surface area (Å²) < 4.78 is 0. The molecule has 14 heavy (non-hydrogen) atoms. The van der Waals surface area contributed by atoms with Gasteiger partial charge < -0.3 is 5.32 Å². The quantitative estimate of drug-likeness (QED) is 0.574.